The summed E-state index contributed by atoms with van der Waals surface area (Å²) in [4.78, 5) is 18.1. The van der Waals surface area contributed by atoms with Gasteiger partial charge >= 0.3 is 6.18 Å². The van der Waals surface area contributed by atoms with E-state index in [9.17, 15) is 18.0 Å². The molecule has 1 N–H and O–H groups in total. The number of aromatic nitrogens is 2. The van der Waals surface area contributed by atoms with E-state index in [0.717, 1.165) is 12.1 Å². The molecule has 0 bridgehead atoms. The third kappa shape index (κ3) is 4.48. The number of hydrogen-bond acceptors (Lipinski definition) is 6. The van der Waals surface area contributed by atoms with E-state index in [0.29, 0.717) is 31.3 Å². The van der Waals surface area contributed by atoms with E-state index in [1.807, 2.05) is 4.90 Å². The zero-order chi connectivity index (χ0) is 20.4. The lowest BCUT2D eigenvalue weighted by molar-refractivity contribution is -0.137. The Hall–Kier alpha value is -3.14. The lowest BCUT2D eigenvalue weighted by Crippen LogP contribution is -2.49. The Morgan fingerprint density at radius 1 is 1.24 bits per heavy atom. The molecule has 3 heterocycles. The van der Waals surface area contributed by atoms with Crippen molar-refractivity contribution in [3.63, 3.8) is 0 Å². The van der Waals surface area contributed by atoms with Crippen LogP contribution in [0.2, 0.25) is 0 Å². The fraction of sp³-hybridized carbons (Fsp3) is 0.316. The number of nitrogens with one attached hydrogen (secondary N) is 1. The molecule has 0 radical (unpaired) electrons. The molecule has 0 saturated carbocycles. The van der Waals surface area contributed by atoms with E-state index in [2.05, 4.69) is 15.5 Å². The molecule has 1 aromatic carbocycles. The summed E-state index contributed by atoms with van der Waals surface area (Å²) in [5.41, 5.74) is -0.528. The summed E-state index contributed by atoms with van der Waals surface area (Å²) in [6.45, 7) is 1.66. The molecule has 29 heavy (non-hydrogen) atoms. The number of halogens is 3. The predicted molar refractivity (Wildman–Crippen MR) is 94.5 cm³/mol. The molecule has 4 rings (SSSR count). The van der Waals surface area contributed by atoms with Crippen LogP contribution < -0.4 is 5.32 Å². The molecule has 1 saturated heterocycles. The van der Waals surface area contributed by atoms with E-state index in [1.54, 1.807) is 18.4 Å². The van der Waals surface area contributed by atoms with Crippen molar-refractivity contribution >= 4 is 5.91 Å². The highest BCUT2D eigenvalue weighted by Crippen LogP contribution is 2.32. The number of rotatable bonds is 6. The first kappa shape index (κ1) is 19.2. The highest BCUT2D eigenvalue weighted by Gasteiger charge is 2.34. The number of nitrogens with zero attached hydrogens (tertiary/aromatic N) is 3. The summed E-state index contributed by atoms with van der Waals surface area (Å²) in [6, 6.07) is 8.31. The molecule has 0 aliphatic carbocycles. The maximum atomic E-state index is 12.9. The monoisotopic (exact) mass is 406 g/mol. The van der Waals surface area contributed by atoms with Crippen molar-refractivity contribution in [1.82, 2.24) is 20.4 Å². The van der Waals surface area contributed by atoms with Crippen LogP contribution in [0.15, 0.2) is 51.6 Å². The Balaban J connectivity index is 1.30. The van der Waals surface area contributed by atoms with Crippen LogP contribution in [0.25, 0.3) is 11.4 Å². The first-order valence-electron chi connectivity index (χ1n) is 8.91. The summed E-state index contributed by atoms with van der Waals surface area (Å²) >= 11 is 0. The van der Waals surface area contributed by atoms with Crippen LogP contribution in [0, 0.1) is 0 Å². The van der Waals surface area contributed by atoms with Gasteiger partial charge in [-0.2, -0.15) is 18.2 Å². The molecule has 3 aromatic rings. The van der Waals surface area contributed by atoms with Gasteiger partial charge in [-0.05, 0) is 24.3 Å². The molecule has 1 aliphatic heterocycles. The summed E-state index contributed by atoms with van der Waals surface area (Å²) in [5.74, 6) is 0.952. The number of hydrogen-bond donors (Lipinski definition) is 1. The number of benzene rings is 1. The minimum Gasteiger partial charge on any atom is -0.467 e. The summed E-state index contributed by atoms with van der Waals surface area (Å²) in [5, 5.41) is 6.56. The van der Waals surface area contributed by atoms with Gasteiger partial charge in [0.05, 0.1) is 30.8 Å². The van der Waals surface area contributed by atoms with E-state index in [-0.39, 0.29) is 29.8 Å². The van der Waals surface area contributed by atoms with Crippen molar-refractivity contribution < 1.29 is 26.9 Å². The summed E-state index contributed by atoms with van der Waals surface area (Å²) in [6.07, 6.45) is -2.89. The Bertz CT molecular complexity index is 979. The van der Waals surface area contributed by atoms with Gasteiger partial charge in [-0.1, -0.05) is 17.3 Å². The standard InChI is InChI=1S/C19H17F3N4O3/c20-19(21,22)14-4-1-3-12(7-14)17-24-18(29-25-17)13-9-26(10-13)11-16(27)23-8-15-5-2-6-28-15/h1-7,13H,8-11H2,(H,23,27). The van der Waals surface area contributed by atoms with Gasteiger partial charge in [0.25, 0.3) is 0 Å². The lowest BCUT2D eigenvalue weighted by Gasteiger charge is -2.36. The van der Waals surface area contributed by atoms with Gasteiger partial charge in [-0.25, -0.2) is 0 Å². The van der Waals surface area contributed by atoms with Crippen molar-refractivity contribution in [3.05, 3.63) is 59.9 Å². The third-order valence-electron chi connectivity index (χ3n) is 4.60. The molecule has 0 spiro atoms. The van der Waals surface area contributed by atoms with Gasteiger partial charge in [-0.15, -0.1) is 0 Å². The summed E-state index contributed by atoms with van der Waals surface area (Å²) < 4.78 is 48.9. The van der Waals surface area contributed by atoms with Crippen LogP contribution >= 0.6 is 0 Å². The van der Waals surface area contributed by atoms with E-state index >= 15 is 0 Å². The topological polar surface area (TPSA) is 84.4 Å². The maximum Gasteiger partial charge on any atom is 0.416 e. The number of alkyl halides is 3. The molecular formula is C19H17F3N4O3. The predicted octanol–water partition coefficient (Wildman–Crippen LogP) is 3.06. The first-order valence-corrected chi connectivity index (χ1v) is 8.91. The molecule has 0 unspecified atom stereocenters. The largest absolute Gasteiger partial charge is 0.467 e. The molecule has 1 fully saturated rings. The Labute approximate surface area is 163 Å². The minimum atomic E-state index is -4.44. The molecule has 7 nitrogen and oxygen atoms in total. The Morgan fingerprint density at radius 3 is 2.79 bits per heavy atom. The van der Waals surface area contributed by atoms with Crippen LogP contribution in [0.4, 0.5) is 13.2 Å². The molecule has 10 heteroatoms. The number of likely N-dealkylation sites (tertiary alicyclic amines) is 1. The number of carbonyl (C=O) groups excluding carboxylic acids is 1. The number of amides is 1. The van der Waals surface area contributed by atoms with Gasteiger partial charge in [0.15, 0.2) is 0 Å². The lowest BCUT2D eigenvalue weighted by atomic mass is 10.0. The van der Waals surface area contributed by atoms with E-state index < -0.39 is 11.7 Å². The van der Waals surface area contributed by atoms with Crippen molar-refractivity contribution in [2.24, 2.45) is 0 Å². The molecule has 1 aliphatic rings. The quantitative estimate of drug-likeness (QED) is 0.677. The van der Waals surface area contributed by atoms with Crippen LogP contribution in [0.5, 0.6) is 0 Å². The second-order valence-electron chi connectivity index (χ2n) is 6.78. The van der Waals surface area contributed by atoms with Gasteiger partial charge in [0, 0.05) is 18.7 Å². The highest BCUT2D eigenvalue weighted by molar-refractivity contribution is 5.78. The van der Waals surface area contributed by atoms with Crippen LogP contribution in [0.1, 0.15) is 23.1 Å². The maximum absolute atomic E-state index is 12.9. The second kappa shape index (κ2) is 7.70. The second-order valence-corrected chi connectivity index (χ2v) is 6.78. The van der Waals surface area contributed by atoms with Gasteiger partial charge < -0.3 is 14.3 Å². The fourth-order valence-corrected chi connectivity index (χ4v) is 3.07. The van der Waals surface area contributed by atoms with Crippen molar-refractivity contribution in [1.29, 1.82) is 0 Å². The molecule has 1 amide bonds. The zero-order valence-electron chi connectivity index (χ0n) is 15.1. The number of carbonyl (C=O) groups is 1. The Kier molecular flexibility index (Phi) is 5.10. The van der Waals surface area contributed by atoms with E-state index in [4.69, 9.17) is 8.94 Å². The van der Waals surface area contributed by atoms with Crippen LogP contribution in [-0.2, 0) is 17.5 Å². The average Bonchev–Trinajstić information content (AvgIpc) is 3.34. The van der Waals surface area contributed by atoms with Crippen molar-refractivity contribution in [2.45, 2.75) is 18.6 Å². The average molecular weight is 406 g/mol. The van der Waals surface area contributed by atoms with Crippen LogP contribution in [0.3, 0.4) is 0 Å². The van der Waals surface area contributed by atoms with Crippen molar-refractivity contribution in [2.75, 3.05) is 19.6 Å². The molecule has 2 aromatic heterocycles. The van der Waals surface area contributed by atoms with Crippen molar-refractivity contribution in [3.8, 4) is 11.4 Å². The zero-order valence-corrected chi connectivity index (χ0v) is 15.1. The summed E-state index contributed by atoms with van der Waals surface area (Å²) in [7, 11) is 0. The third-order valence-corrected chi connectivity index (χ3v) is 4.60. The fourth-order valence-electron chi connectivity index (χ4n) is 3.07. The normalized spacial score (nSPS) is 15.3. The Morgan fingerprint density at radius 2 is 2.07 bits per heavy atom. The first-order chi connectivity index (χ1) is 13.9. The molecule has 152 valence electrons. The van der Waals surface area contributed by atoms with Gasteiger partial charge in [-0.3, -0.25) is 9.69 Å². The SMILES string of the molecule is O=C(CN1CC(c2nc(-c3cccc(C(F)(F)F)c3)no2)C1)NCc1ccco1. The smallest absolute Gasteiger partial charge is 0.416 e. The van der Waals surface area contributed by atoms with Gasteiger partial charge in [0.1, 0.15) is 5.76 Å². The molecular weight excluding hydrogens is 389 g/mol. The van der Waals surface area contributed by atoms with E-state index in [1.165, 1.54) is 12.1 Å². The van der Waals surface area contributed by atoms with Crippen LogP contribution in [-0.4, -0.2) is 40.6 Å². The number of furan rings is 1. The highest BCUT2D eigenvalue weighted by atomic mass is 19.4. The van der Waals surface area contributed by atoms with Gasteiger partial charge in [0.2, 0.25) is 17.6 Å². The minimum absolute atomic E-state index is 0.0556. The molecule has 0 atom stereocenters.